The van der Waals surface area contributed by atoms with Crippen LogP contribution in [0.4, 0.5) is 5.69 Å². The minimum absolute atomic E-state index is 0.0225. The molecule has 0 saturated heterocycles. The molecule has 0 spiro atoms. The van der Waals surface area contributed by atoms with E-state index in [-0.39, 0.29) is 12.0 Å². The summed E-state index contributed by atoms with van der Waals surface area (Å²) in [6, 6.07) is 6.44. The van der Waals surface area contributed by atoms with Crippen molar-refractivity contribution < 1.29 is 30.0 Å². The molecule has 0 aliphatic heterocycles. The molecule has 0 aliphatic rings. The maximum atomic E-state index is 11.9. The minimum atomic E-state index is -2.10. The predicted octanol–water partition coefficient (Wildman–Crippen LogP) is -2.16. The van der Waals surface area contributed by atoms with Crippen LogP contribution >= 0.6 is 0 Å². The van der Waals surface area contributed by atoms with E-state index in [9.17, 15) is 24.9 Å². The van der Waals surface area contributed by atoms with Gasteiger partial charge in [-0.05, 0) is 19.1 Å². The van der Waals surface area contributed by atoms with Gasteiger partial charge in [0.2, 0.25) is 0 Å². The Kier molecular flexibility index (Phi) is 5.94. The summed E-state index contributed by atoms with van der Waals surface area (Å²) in [5, 5.41) is 38.3. The number of amides is 1. The van der Waals surface area contributed by atoms with Crippen LogP contribution in [0.2, 0.25) is 0 Å². The Morgan fingerprint density at radius 1 is 1.14 bits per heavy atom. The van der Waals surface area contributed by atoms with E-state index in [4.69, 9.17) is 10.9 Å². The lowest BCUT2D eigenvalue weighted by Crippen LogP contribution is -2.54. The zero-order valence-corrected chi connectivity index (χ0v) is 11.3. The van der Waals surface area contributed by atoms with Crippen LogP contribution in [0.5, 0.6) is 0 Å². The van der Waals surface area contributed by atoms with Crippen molar-refractivity contribution in [3.63, 3.8) is 0 Å². The third kappa shape index (κ3) is 4.06. The van der Waals surface area contributed by atoms with E-state index in [1.807, 2.05) is 6.92 Å². The van der Waals surface area contributed by atoms with Crippen LogP contribution < -0.4 is 10.9 Å². The second-order valence-corrected chi connectivity index (χ2v) is 4.60. The summed E-state index contributed by atoms with van der Waals surface area (Å²) >= 11 is 0. The Balaban J connectivity index is 2.81. The van der Waals surface area contributed by atoms with Gasteiger partial charge in [0.25, 0.3) is 5.91 Å². The number of nitrogens with two attached hydrogens (primary N) is 1. The number of nitrogens with zero attached hydrogens (tertiary/aromatic N) is 1. The lowest BCUT2D eigenvalue weighted by molar-refractivity contribution is -0.147. The van der Waals surface area contributed by atoms with Crippen molar-refractivity contribution in [1.82, 2.24) is 0 Å². The lowest BCUT2D eigenvalue weighted by Gasteiger charge is -2.26. The molecule has 0 radical (unpaired) electrons. The molecule has 1 aromatic rings. The van der Waals surface area contributed by atoms with E-state index in [2.05, 4.69) is 0 Å². The van der Waals surface area contributed by atoms with Crippen molar-refractivity contribution in [3.8, 4) is 0 Å². The van der Waals surface area contributed by atoms with Gasteiger partial charge in [0.05, 0.1) is 5.69 Å². The van der Waals surface area contributed by atoms with E-state index >= 15 is 0 Å². The molecule has 0 aliphatic carbocycles. The fourth-order valence-electron chi connectivity index (χ4n) is 1.59. The van der Waals surface area contributed by atoms with Crippen molar-refractivity contribution >= 4 is 17.9 Å². The van der Waals surface area contributed by atoms with Gasteiger partial charge < -0.3 is 25.2 Å². The molecule has 6 N–H and O–H groups in total. The number of hydrogen-bond acceptors (Lipinski definition) is 7. The van der Waals surface area contributed by atoms with Crippen LogP contribution in [0.3, 0.4) is 0 Å². The van der Waals surface area contributed by atoms with E-state index in [1.165, 1.54) is 12.1 Å². The van der Waals surface area contributed by atoms with Crippen LogP contribution in [0.15, 0.2) is 24.3 Å². The van der Waals surface area contributed by atoms with Crippen LogP contribution in [-0.4, -0.2) is 57.0 Å². The molecule has 1 aromatic carbocycles. The molecule has 1 amide bonds. The standard InChI is InChI=1S/C13H18N2O6/c1-7-2-4-8(5-3-7)15(14)13(21)12(20)11(19)10(18)9(17)6-16/h2-6,9-12,17-20H,14H2,1H3/t9-,10+,11-,12-/m0/s1. The first kappa shape index (κ1) is 17.2. The highest BCUT2D eigenvalue weighted by Gasteiger charge is 2.36. The molecule has 0 saturated carbocycles. The molecule has 116 valence electrons. The lowest BCUT2D eigenvalue weighted by atomic mass is 10.0. The molecule has 0 unspecified atom stereocenters. The number of aliphatic hydroxyl groups excluding tert-OH is 4. The third-order valence-electron chi connectivity index (χ3n) is 2.97. The average molecular weight is 298 g/mol. The summed E-state index contributed by atoms with van der Waals surface area (Å²) in [5.41, 5.74) is 1.20. The Hall–Kier alpha value is -1.84. The molecule has 21 heavy (non-hydrogen) atoms. The molecule has 1 rings (SSSR count). The summed E-state index contributed by atoms with van der Waals surface area (Å²) < 4.78 is 0. The van der Waals surface area contributed by atoms with Gasteiger partial charge in [0, 0.05) is 0 Å². The molecule has 0 fully saturated rings. The van der Waals surface area contributed by atoms with Gasteiger partial charge in [-0.15, -0.1) is 0 Å². The van der Waals surface area contributed by atoms with Gasteiger partial charge >= 0.3 is 0 Å². The fraction of sp³-hybridized carbons (Fsp3) is 0.385. The molecule has 8 heteroatoms. The summed E-state index contributed by atoms with van der Waals surface area (Å²) in [5.74, 6) is 4.44. The summed E-state index contributed by atoms with van der Waals surface area (Å²) in [4.78, 5) is 22.2. The predicted molar refractivity (Wildman–Crippen MR) is 72.9 cm³/mol. The second kappa shape index (κ2) is 7.25. The summed E-state index contributed by atoms with van der Waals surface area (Å²) in [6.07, 6.45) is -8.11. The maximum absolute atomic E-state index is 11.9. The van der Waals surface area contributed by atoms with Crippen LogP contribution in [-0.2, 0) is 9.59 Å². The van der Waals surface area contributed by atoms with E-state index < -0.39 is 30.3 Å². The molecule has 0 aromatic heterocycles. The molecule has 0 heterocycles. The Morgan fingerprint density at radius 3 is 2.14 bits per heavy atom. The molecular weight excluding hydrogens is 280 g/mol. The second-order valence-electron chi connectivity index (χ2n) is 4.60. The van der Waals surface area contributed by atoms with Gasteiger partial charge in [0.15, 0.2) is 12.4 Å². The molecule has 8 nitrogen and oxygen atoms in total. The SMILES string of the molecule is Cc1ccc(N(N)C(=O)[C@@H](O)[C@@H](O)[C@H](O)[C@@H](O)C=O)cc1. The van der Waals surface area contributed by atoms with Crippen molar-refractivity contribution in [3.05, 3.63) is 29.8 Å². The maximum Gasteiger partial charge on any atom is 0.272 e. The summed E-state index contributed by atoms with van der Waals surface area (Å²) in [6.45, 7) is 1.84. The first-order chi connectivity index (χ1) is 9.79. The zero-order valence-electron chi connectivity index (χ0n) is 11.3. The van der Waals surface area contributed by atoms with Crippen molar-refractivity contribution in [2.45, 2.75) is 31.3 Å². The van der Waals surface area contributed by atoms with Crippen LogP contribution in [0.25, 0.3) is 0 Å². The smallest absolute Gasteiger partial charge is 0.272 e. The average Bonchev–Trinajstić information content (AvgIpc) is 2.51. The molecular formula is C13H18N2O6. The first-order valence-electron chi connectivity index (χ1n) is 6.12. The number of aliphatic hydroxyl groups is 4. The third-order valence-corrected chi connectivity index (χ3v) is 2.97. The van der Waals surface area contributed by atoms with Gasteiger partial charge in [-0.3, -0.25) is 4.79 Å². The Morgan fingerprint density at radius 2 is 1.67 bits per heavy atom. The quantitative estimate of drug-likeness (QED) is 0.174. The van der Waals surface area contributed by atoms with Gasteiger partial charge in [-0.25, -0.2) is 10.9 Å². The van der Waals surface area contributed by atoms with Crippen molar-refractivity contribution in [2.24, 2.45) is 5.84 Å². The number of aryl methyl sites for hydroxylation is 1. The number of hydrazine groups is 1. The number of aldehydes is 1. The topological polar surface area (TPSA) is 144 Å². The monoisotopic (exact) mass is 298 g/mol. The highest BCUT2D eigenvalue weighted by molar-refractivity contribution is 5.95. The number of carbonyl (C=O) groups is 2. The van der Waals surface area contributed by atoms with E-state index in [0.717, 1.165) is 5.56 Å². The molecule has 4 atom stereocenters. The summed E-state index contributed by atoms with van der Waals surface area (Å²) in [7, 11) is 0. The largest absolute Gasteiger partial charge is 0.387 e. The van der Waals surface area contributed by atoms with E-state index in [1.54, 1.807) is 12.1 Å². The number of benzene rings is 1. The molecule has 0 bridgehead atoms. The number of hydrogen-bond donors (Lipinski definition) is 5. The number of anilines is 1. The minimum Gasteiger partial charge on any atom is -0.387 e. The van der Waals surface area contributed by atoms with Crippen LogP contribution in [0.1, 0.15) is 5.56 Å². The zero-order chi connectivity index (χ0) is 16.2. The van der Waals surface area contributed by atoms with Gasteiger partial charge in [-0.1, -0.05) is 17.7 Å². The van der Waals surface area contributed by atoms with E-state index in [0.29, 0.717) is 5.01 Å². The van der Waals surface area contributed by atoms with Gasteiger partial charge in [-0.2, -0.15) is 0 Å². The number of carbonyl (C=O) groups excluding carboxylic acids is 2. The van der Waals surface area contributed by atoms with Crippen molar-refractivity contribution in [2.75, 3.05) is 5.01 Å². The highest BCUT2D eigenvalue weighted by atomic mass is 16.4. The Labute approximate surface area is 121 Å². The Bertz CT molecular complexity index is 492. The first-order valence-corrected chi connectivity index (χ1v) is 6.12. The van der Waals surface area contributed by atoms with Crippen molar-refractivity contribution in [1.29, 1.82) is 0 Å². The van der Waals surface area contributed by atoms with Gasteiger partial charge in [0.1, 0.15) is 18.3 Å². The highest BCUT2D eigenvalue weighted by Crippen LogP contribution is 2.14. The van der Waals surface area contributed by atoms with Crippen LogP contribution in [0, 0.1) is 6.92 Å². The fourth-order valence-corrected chi connectivity index (χ4v) is 1.59. The number of rotatable bonds is 6. The normalized spacial score (nSPS) is 16.7.